The Hall–Kier alpha value is -6.15. The quantitative estimate of drug-likeness (QED) is 0.0755. The Kier molecular flexibility index (Phi) is 20.7. The number of aliphatic hydroxyl groups excluding tert-OH is 1. The number of amides is 7. The number of benzene rings is 2. The topological polar surface area (TPSA) is 270 Å². The predicted molar refractivity (Wildman–Crippen MR) is 252 cm³/mol. The molecule has 2 aliphatic heterocycles. The van der Waals surface area contributed by atoms with Gasteiger partial charge in [-0.2, -0.15) is 0 Å². The number of carbonyl (C=O) groups is 8. The molecule has 0 spiro atoms. The summed E-state index contributed by atoms with van der Waals surface area (Å²) >= 11 is 0. The molecule has 2 aliphatic rings. The molecule has 4 rings (SSSR count). The van der Waals surface area contributed by atoms with Crippen molar-refractivity contribution >= 4 is 58.1 Å². The lowest BCUT2D eigenvalue weighted by Crippen LogP contribution is -2.64. The lowest BCUT2D eigenvalue weighted by Gasteiger charge is -2.43. The van der Waals surface area contributed by atoms with Gasteiger partial charge in [0.2, 0.25) is 29.5 Å². The number of likely N-dealkylation sites (N-methyl/N-ethyl adjacent to an activating group) is 1. The highest BCUT2D eigenvalue weighted by molar-refractivity contribution is 7.84. The number of aromatic hydroxyl groups is 1. The highest BCUT2D eigenvalue weighted by Gasteiger charge is 2.45. The lowest BCUT2D eigenvalue weighted by atomic mass is 9.95. The lowest BCUT2D eigenvalue weighted by molar-refractivity contribution is -0.165. The number of nitrogens with zero attached hydrogens (tertiary/aromatic N) is 2. The van der Waals surface area contributed by atoms with Gasteiger partial charge in [-0.15, -0.1) is 0 Å². The van der Waals surface area contributed by atoms with E-state index in [4.69, 9.17) is 4.74 Å². The van der Waals surface area contributed by atoms with E-state index in [1.54, 1.807) is 56.3 Å². The van der Waals surface area contributed by atoms with Crippen molar-refractivity contribution in [1.82, 2.24) is 36.4 Å². The standard InChI is InChI=1S/C48H67N7O12S/c1-8-10-12-17-38(57)49-34(24-25-68(7)66)43(60)53-41-29(5)67-48(65)40(28(3)4)52-44(61)36(26-31-18-20-32(56)21-19-31)54(6)47(64)37(27-30-15-13-11-14-16-30)55-39(58)23-22-35(46(55)63)51-42(59)33(9-2)50-45(41)62/h9,11,13-16,18-21,28-29,34-37,39-41,56,58H,8,10,12,17,22-27H2,1-7H3,(H,49,57)(H,50,62)(H,51,59)(H,52,61)(H,53,60)/b33-9-/t29-,34?,35-,36-,37-,39+,40?,41-,68?/m0/s1. The SMILES string of the molecule is C/C=C1\NC(=O)[C@@H](NC(=O)C(CCS(C)=O)NC(=O)CCCCC)[C@H](C)OC(=O)C(C(C)C)NC(=O)[C@H](Cc2ccc(O)cc2)N(C)C(=O)[C@H](Cc2ccccc2)N2C(=O)[C@H](CC[C@H]2O)NC1=O. The third kappa shape index (κ3) is 15.2. The summed E-state index contributed by atoms with van der Waals surface area (Å²) in [5, 5.41) is 34.5. The number of fused-ring (bicyclic) bond motifs is 2. The Balaban J connectivity index is 1.83. The predicted octanol–water partition coefficient (Wildman–Crippen LogP) is 1.22. The fraction of sp³-hybridized carbons (Fsp3) is 0.542. The van der Waals surface area contributed by atoms with Gasteiger partial charge in [0, 0.05) is 49.1 Å². The zero-order chi connectivity index (χ0) is 50.2. The fourth-order valence-electron chi connectivity index (χ4n) is 7.97. The van der Waals surface area contributed by atoms with Crippen LogP contribution < -0.4 is 26.6 Å². The van der Waals surface area contributed by atoms with Gasteiger partial charge in [-0.3, -0.25) is 37.8 Å². The Bertz CT molecular complexity index is 2170. The number of aliphatic hydroxyl groups is 1. The molecular weight excluding hydrogens is 899 g/mol. The average Bonchev–Trinajstić information content (AvgIpc) is 3.29. The van der Waals surface area contributed by atoms with Crippen molar-refractivity contribution in [3.05, 3.63) is 77.5 Å². The summed E-state index contributed by atoms with van der Waals surface area (Å²) in [7, 11) is -0.00865. The molecule has 7 N–H and O–H groups in total. The molecule has 2 aromatic rings. The number of hydrogen-bond donors (Lipinski definition) is 7. The van der Waals surface area contributed by atoms with E-state index in [1.165, 1.54) is 45.4 Å². The number of phenolic OH excluding ortho intramolecular Hbond substituents is 1. The molecule has 0 aromatic heterocycles. The van der Waals surface area contributed by atoms with E-state index in [0.29, 0.717) is 17.5 Å². The van der Waals surface area contributed by atoms with E-state index in [0.717, 1.165) is 22.6 Å². The monoisotopic (exact) mass is 965 g/mol. The maximum Gasteiger partial charge on any atom is 0.329 e. The van der Waals surface area contributed by atoms with Gasteiger partial charge in [0.1, 0.15) is 60.0 Å². The van der Waals surface area contributed by atoms with Crippen LogP contribution in [-0.4, -0.2) is 139 Å². The Morgan fingerprint density at radius 2 is 1.56 bits per heavy atom. The summed E-state index contributed by atoms with van der Waals surface area (Å²) in [6.45, 7) is 7.97. The Morgan fingerprint density at radius 3 is 2.18 bits per heavy atom. The molecule has 9 atom stereocenters. The molecule has 0 saturated carbocycles. The number of esters is 1. The first-order valence-electron chi connectivity index (χ1n) is 23.0. The summed E-state index contributed by atoms with van der Waals surface area (Å²) in [5.41, 5.74) is 0.765. The maximum atomic E-state index is 15.0. The van der Waals surface area contributed by atoms with E-state index >= 15 is 0 Å². The van der Waals surface area contributed by atoms with Crippen LogP contribution in [0.2, 0.25) is 0 Å². The summed E-state index contributed by atoms with van der Waals surface area (Å²) < 4.78 is 18.0. The highest BCUT2D eigenvalue weighted by atomic mass is 32.2. The van der Waals surface area contributed by atoms with Crippen molar-refractivity contribution in [2.75, 3.05) is 19.1 Å². The van der Waals surface area contributed by atoms with Crippen LogP contribution in [0, 0.1) is 5.92 Å². The molecule has 2 aromatic carbocycles. The van der Waals surface area contributed by atoms with Crippen molar-refractivity contribution in [2.24, 2.45) is 5.92 Å². The van der Waals surface area contributed by atoms with Crippen molar-refractivity contribution in [2.45, 2.75) is 141 Å². The Labute approximate surface area is 400 Å². The normalized spacial score (nSPS) is 25.0. The number of rotatable bonds is 15. The number of allylic oxidation sites excluding steroid dienone is 1. The van der Waals surface area contributed by atoms with Crippen molar-refractivity contribution in [3.8, 4) is 5.75 Å². The molecule has 2 bridgehead atoms. The van der Waals surface area contributed by atoms with Crippen molar-refractivity contribution in [3.63, 3.8) is 0 Å². The molecule has 3 unspecified atom stereocenters. The van der Waals surface area contributed by atoms with E-state index in [9.17, 15) is 52.8 Å². The second-order valence-electron chi connectivity index (χ2n) is 17.6. The number of hydrogen-bond acceptors (Lipinski definition) is 12. The van der Waals surface area contributed by atoms with Gasteiger partial charge >= 0.3 is 5.97 Å². The zero-order valence-electron chi connectivity index (χ0n) is 39.8. The molecule has 2 fully saturated rings. The summed E-state index contributed by atoms with van der Waals surface area (Å²) in [5.74, 6) is -7.37. The number of cyclic esters (lactones) is 1. The fourth-order valence-corrected chi connectivity index (χ4v) is 8.54. The van der Waals surface area contributed by atoms with E-state index in [-0.39, 0.29) is 55.7 Å². The van der Waals surface area contributed by atoms with Crippen LogP contribution >= 0.6 is 0 Å². The number of carbonyl (C=O) groups excluding carboxylic acids is 8. The number of ether oxygens (including phenoxy) is 1. The third-order valence-corrected chi connectivity index (χ3v) is 12.8. The first kappa shape index (κ1) is 54.5. The molecule has 7 amide bonds. The van der Waals surface area contributed by atoms with Crippen LogP contribution in [0.3, 0.4) is 0 Å². The van der Waals surface area contributed by atoms with Crippen LogP contribution in [-0.2, 0) is 66.7 Å². The number of unbranched alkanes of at least 4 members (excludes halogenated alkanes) is 2. The molecule has 372 valence electrons. The molecule has 0 aliphatic carbocycles. The summed E-state index contributed by atoms with van der Waals surface area (Å²) in [4.78, 5) is 116. The minimum Gasteiger partial charge on any atom is -0.508 e. The largest absolute Gasteiger partial charge is 0.508 e. The van der Waals surface area contributed by atoms with Gasteiger partial charge in [-0.1, -0.05) is 82.2 Å². The average molecular weight is 966 g/mol. The molecule has 19 nitrogen and oxygen atoms in total. The van der Waals surface area contributed by atoms with Gasteiger partial charge in [0.05, 0.1) is 0 Å². The minimum atomic E-state index is -1.74. The van der Waals surface area contributed by atoms with Gasteiger partial charge in [0.25, 0.3) is 11.8 Å². The molecule has 0 radical (unpaired) electrons. The molecule has 2 saturated heterocycles. The summed E-state index contributed by atoms with van der Waals surface area (Å²) in [6.07, 6.45) is 1.52. The highest BCUT2D eigenvalue weighted by Crippen LogP contribution is 2.25. The second kappa shape index (κ2) is 25.8. The van der Waals surface area contributed by atoms with Crippen LogP contribution in [0.5, 0.6) is 5.75 Å². The number of phenols is 1. The van der Waals surface area contributed by atoms with E-state index in [1.807, 2.05) is 6.92 Å². The van der Waals surface area contributed by atoms with Crippen LogP contribution in [0.4, 0.5) is 0 Å². The number of nitrogens with one attached hydrogen (secondary N) is 5. The minimum absolute atomic E-state index is 0.0171. The third-order valence-electron chi connectivity index (χ3n) is 12.0. The van der Waals surface area contributed by atoms with Gasteiger partial charge < -0.3 is 51.3 Å². The molecule has 2 heterocycles. The second-order valence-corrected chi connectivity index (χ2v) is 19.1. The molecular formula is C48H67N7O12S. The smallest absolute Gasteiger partial charge is 0.329 e. The van der Waals surface area contributed by atoms with Gasteiger partial charge in [-0.25, -0.2) is 4.79 Å². The first-order valence-corrected chi connectivity index (χ1v) is 24.8. The van der Waals surface area contributed by atoms with Crippen LogP contribution in [0.1, 0.15) is 90.7 Å². The molecule has 68 heavy (non-hydrogen) atoms. The maximum absolute atomic E-state index is 15.0. The zero-order valence-corrected chi connectivity index (χ0v) is 40.6. The van der Waals surface area contributed by atoms with Crippen molar-refractivity contribution < 1.29 is 57.5 Å². The van der Waals surface area contributed by atoms with Crippen LogP contribution in [0.15, 0.2) is 66.4 Å². The first-order chi connectivity index (χ1) is 32.2. The van der Waals surface area contributed by atoms with Crippen molar-refractivity contribution in [1.29, 1.82) is 0 Å². The Morgan fingerprint density at radius 1 is 0.912 bits per heavy atom. The van der Waals surface area contributed by atoms with Crippen LogP contribution in [0.25, 0.3) is 0 Å². The molecule has 20 heteroatoms. The van der Waals surface area contributed by atoms with Gasteiger partial charge in [0.15, 0.2) is 0 Å². The van der Waals surface area contributed by atoms with E-state index < -0.39 is 113 Å². The van der Waals surface area contributed by atoms with E-state index in [2.05, 4.69) is 26.6 Å². The number of piperidine rings is 1. The van der Waals surface area contributed by atoms with Gasteiger partial charge in [-0.05, 0) is 68.7 Å². The summed E-state index contributed by atoms with van der Waals surface area (Å²) in [6, 6.07) is 6.13.